The molecule has 0 radical (unpaired) electrons. The Kier molecular flexibility index (Phi) is 4.20. The van der Waals surface area contributed by atoms with E-state index in [0.717, 1.165) is 21.5 Å². The van der Waals surface area contributed by atoms with Gasteiger partial charge in [0, 0.05) is 11.6 Å². The summed E-state index contributed by atoms with van der Waals surface area (Å²) in [5, 5.41) is 4.73. The third-order valence-corrected chi connectivity index (χ3v) is 4.33. The van der Waals surface area contributed by atoms with Crippen molar-refractivity contribution in [1.82, 2.24) is 10.4 Å². The van der Waals surface area contributed by atoms with E-state index in [-0.39, 0.29) is 5.91 Å². The summed E-state index contributed by atoms with van der Waals surface area (Å²) in [7, 11) is 1.60. The second-order valence-corrected chi connectivity index (χ2v) is 5.67. The largest absolute Gasteiger partial charge is 0.497 e. The highest BCUT2D eigenvalue weighted by Crippen LogP contribution is 2.31. The van der Waals surface area contributed by atoms with Gasteiger partial charge in [-0.25, -0.2) is 10.4 Å². The van der Waals surface area contributed by atoms with E-state index >= 15 is 0 Å². The van der Waals surface area contributed by atoms with Crippen molar-refractivity contribution in [2.45, 2.75) is 0 Å². The van der Waals surface area contributed by atoms with Gasteiger partial charge in [-0.2, -0.15) is 5.10 Å². The summed E-state index contributed by atoms with van der Waals surface area (Å²) in [6, 6.07) is 10.9. The monoisotopic (exact) mass is 326 g/mol. The molecule has 0 saturated carbocycles. The van der Waals surface area contributed by atoms with E-state index in [4.69, 9.17) is 10.5 Å². The number of thiophene rings is 1. The Balaban J connectivity index is 1.72. The standard InChI is InChI=1S/C16H14N4O2S/c1-22-11-6-4-10(5-7-11)9-19-20-15(21)14-13(17)12-3-2-8-18-16(12)23-14/h2-9H,17H2,1H3,(H,20,21)/b19-9-. The minimum absolute atomic E-state index is 0.352. The number of hydrazone groups is 1. The molecule has 7 heteroatoms. The molecule has 0 fully saturated rings. The zero-order chi connectivity index (χ0) is 16.2. The van der Waals surface area contributed by atoms with Gasteiger partial charge in [0.25, 0.3) is 5.91 Å². The van der Waals surface area contributed by atoms with Crippen LogP contribution in [0.1, 0.15) is 15.2 Å². The fourth-order valence-electron chi connectivity index (χ4n) is 2.03. The lowest BCUT2D eigenvalue weighted by atomic mass is 10.2. The number of pyridine rings is 1. The summed E-state index contributed by atoms with van der Waals surface area (Å²) in [6.45, 7) is 0. The predicted octanol–water partition coefficient (Wildman–Crippen LogP) is 2.65. The number of hydrogen-bond donors (Lipinski definition) is 2. The summed E-state index contributed by atoms with van der Waals surface area (Å²) >= 11 is 1.24. The molecule has 1 aromatic carbocycles. The Morgan fingerprint density at radius 2 is 2.13 bits per heavy atom. The minimum Gasteiger partial charge on any atom is -0.497 e. The molecule has 0 spiro atoms. The number of nitrogen functional groups attached to an aromatic ring is 1. The van der Waals surface area contributed by atoms with Crippen LogP contribution >= 0.6 is 11.3 Å². The van der Waals surface area contributed by atoms with Gasteiger partial charge in [-0.15, -0.1) is 11.3 Å². The number of nitrogens with zero attached hydrogens (tertiary/aromatic N) is 2. The maximum Gasteiger partial charge on any atom is 0.283 e. The SMILES string of the molecule is COc1ccc(/C=N\NC(=O)c2sc3ncccc3c2N)cc1. The number of fused-ring (bicyclic) bond motifs is 1. The number of hydrogen-bond acceptors (Lipinski definition) is 6. The highest BCUT2D eigenvalue weighted by atomic mass is 32.1. The second-order valence-electron chi connectivity index (χ2n) is 4.67. The Hall–Kier alpha value is -2.93. The first-order valence-electron chi connectivity index (χ1n) is 6.79. The van der Waals surface area contributed by atoms with Crippen molar-refractivity contribution in [2.24, 2.45) is 5.10 Å². The number of carbonyl (C=O) groups is 1. The number of nitrogens with one attached hydrogen (secondary N) is 1. The Morgan fingerprint density at radius 3 is 2.83 bits per heavy atom. The Bertz CT molecular complexity index is 871. The van der Waals surface area contributed by atoms with Crippen LogP contribution in [0.25, 0.3) is 10.2 Å². The first-order valence-corrected chi connectivity index (χ1v) is 7.61. The molecule has 3 N–H and O–H groups in total. The first-order chi connectivity index (χ1) is 11.2. The topological polar surface area (TPSA) is 89.6 Å². The molecule has 0 aliphatic carbocycles. The van der Waals surface area contributed by atoms with Gasteiger partial charge in [-0.05, 0) is 42.0 Å². The lowest BCUT2D eigenvalue weighted by molar-refractivity contribution is 0.0960. The lowest BCUT2D eigenvalue weighted by Crippen LogP contribution is -2.17. The van der Waals surface area contributed by atoms with Crippen molar-refractivity contribution in [1.29, 1.82) is 0 Å². The van der Waals surface area contributed by atoms with E-state index in [1.54, 1.807) is 25.6 Å². The second kappa shape index (κ2) is 6.45. The molecule has 2 heterocycles. The molecule has 6 nitrogen and oxygen atoms in total. The number of anilines is 1. The molecular weight excluding hydrogens is 312 g/mol. The van der Waals surface area contributed by atoms with Crippen molar-refractivity contribution in [3.05, 3.63) is 53.0 Å². The van der Waals surface area contributed by atoms with Crippen LogP contribution in [0.4, 0.5) is 5.69 Å². The molecule has 0 aliphatic rings. The minimum atomic E-state index is -0.352. The van der Waals surface area contributed by atoms with Crippen molar-refractivity contribution in [3.8, 4) is 5.75 Å². The van der Waals surface area contributed by atoms with Crippen LogP contribution in [-0.2, 0) is 0 Å². The van der Waals surface area contributed by atoms with E-state index < -0.39 is 0 Å². The Morgan fingerprint density at radius 1 is 1.35 bits per heavy atom. The van der Waals surface area contributed by atoms with Gasteiger partial charge in [0.1, 0.15) is 15.5 Å². The number of amides is 1. The van der Waals surface area contributed by atoms with Crippen LogP contribution in [-0.4, -0.2) is 24.2 Å². The molecule has 1 amide bonds. The van der Waals surface area contributed by atoms with Crippen molar-refractivity contribution >= 4 is 39.4 Å². The Labute approximate surface area is 136 Å². The average Bonchev–Trinajstić information content (AvgIpc) is 2.93. The fraction of sp³-hybridized carbons (Fsp3) is 0.0625. The highest BCUT2D eigenvalue weighted by molar-refractivity contribution is 7.21. The molecule has 0 bridgehead atoms. The number of carbonyl (C=O) groups excluding carboxylic acids is 1. The molecule has 0 atom stereocenters. The summed E-state index contributed by atoms with van der Waals surface area (Å²) in [5.41, 5.74) is 9.75. The van der Waals surface area contributed by atoms with E-state index in [0.29, 0.717) is 10.6 Å². The van der Waals surface area contributed by atoms with Crippen LogP contribution in [0.3, 0.4) is 0 Å². The summed E-state index contributed by atoms with van der Waals surface area (Å²) in [4.78, 5) is 17.5. The highest BCUT2D eigenvalue weighted by Gasteiger charge is 2.16. The third kappa shape index (κ3) is 3.14. The van der Waals surface area contributed by atoms with Gasteiger partial charge in [0.2, 0.25) is 0 Å². The van der Waals surface area contributed by atoms with Gasteiger partial charge in [-0.3, -0.25) is 4.79 Å². The van der Waals surface area contributed by atoms with Gasteiger partial charge in [-0.1, -0.05) is 0 Å². The van der Waals surface area contributed by atoms with Gasteiger partial charge in [0.15, 0.2) is 0 Å². The van der Waals surface area contributed by atoms with Gasteiger partial charge >= 0.3 is 0 Å². The van der Waals surface area contributed by atoms with Crippen LogP contribution in [0.5, 0.6) is 5.75 Å². The molecule has 23 heavy (non-hydrogen) atoms. The summed E-state index contributed by atoms with van der Waals surface area (Å²) in [6.07, 6.45) is 3.22. The zero-order valence-electron chi connectivity index (χ0n) is 12.3. The molecule has 0 unspecified atom stereocenters. The lowest BCUT2D eigenvalue weighted by Gasteiger charge is -2.00. The number of rotatable bonds is 4. The van der Waals surface area contributed by atoms with Crippen molar-refractivity contribution in [2.75, 3.05) is 12.8 Å². The quantitative estimate of drug-likeness (QED) is 0.570. The van der Waals surface area contributed by atoms with Gasteiger partial charge < -0.3 is 10.5 Å². The van der Waals surface area contributed by atoms with Crippen LogP contribution in [0.15, 0.2) is 47.7 Å². The van der Waals surface area contributed by atoms with E-state index in [1.165, 1.54) is 11.3 Å². The average molecular weight is 326 g/mol. The first kappa shape index (κ1) is 15.0. The van der Waals surface area contributed by atoms with E-state index in [1.807, 2.05) is 30.3 Å². The van der Waals surface area contributed by atoms with Crippen molar-refractivity contribution < 1.29 is 9.53 Å². The van der Waals surface area contributed by atoms with Gasteiger partial charge in [0.05, 0.1) is 19.0 Å². The number of benzene rings is 1. The third-order valence-electron chi connectivity index (χ3n) is 3.21. The maximum absolute atomic E-state index is 12.2. The maximum atomic E-state index is 12.2. The molecule has 0 aliphatic heterocycles. The smallest absolute Gasteiger partial charge is 0.283 e. The number of aromatic nitrogens is 1. The molecule has 3 rings (SSSR count). The van der Waals surface area contributed by atoms with Crippen LogP contribution < -0.4 is 15.9 Å². The van der Waals surface area contributed by atoms with Crippen LogP contribution in [0, 0.1) is 0 Å². The molecule has 116 valence electrons. The molecule has 0 saturated heterocycles. The van der Waals surface area contributed by atoms with E-state index in [9.17, 15) is 4.79 Å². The van der Waals surface area contributed by atoms with Crippen LogP contribution in [0.2, 0.25) is 0 Å². The predicted molar refractivity (Wildman–Crippen MR) is 92.1 cm³/mol. The molecule has 2 aromatic heterocycles. The zero-order valence-corrected chi connectivity index (χ0v) is 13.1. The summed E-state index contributed by atoms with van der Waals surface area (Å²) < 4.78 is 5.08. The molecule has 3 aromatic rings. The number of ether oxygens (including phenoxy) is 1. The number of methoxy groups -OCH3 is 1. The number of nitrogens with two attached hydrogens (primary N) is 1. The van der Waals surface area contributed by atoms with Crippen molar-refractivity contribution in [3.63, 3.8) is 0 Å². The normalized spacial score (nSPS) is 11.0. The fourth-order valence-corrected chi connectivity index (χ4v) is 2.98. The molecular formula is C16H14N4O2S. The van der Waals surface area contributed by atoms with E-state index in [2.05, 4.69) is 15.5 Å². The summed E-state index contributed by atoms with van der Waals surface area (Å²) in [5.74, 6) is 0.409.